The Morgan fingerprint density at radius 1 is 1.37 bits per heavy atom. The molecule has 0 unspecified atom stereocenters. The van der Waals surface area contributed by atoms with Crippen molar-refractivity contribution in [3.63, 3.8) is 0 Å². The van der Waals surface area contributed by atoms with Crippen LogP contribution in [0.1, 0.15) is 12.5 Å². The van der Waals surface area contributed by atoms with Crippen molar-refractivity contribution in [1.29, 1.82) is 0 Å². The van der Waals surface area contributed by atoms with E-state index in [-0.39, 0.29) is 0 Å². The van der Waals surface area contributed by atoms with Crippen molar-refractivity contribution >= 4 is 16.9 Å². The summed E-state index contributed by atoms with van der Waals surface area (Å²) in [6, 6.07) is 9.99. The number of hydrogen-bond acceptors (Lipinski definition) is 3. The molecular weight excluding hydrogens is 240 g/mol. The van der Waals surface area contributed by atoms with Gasteiger partial charge >= 0.3 is 5.97 Å². The summed E-state index contributed by atoms with van der Waals surface area (Å²) < 4.78 is 0. The first kappa shape index (κ1) is 13.2. The second-order valence-electron chi connectivity index (χ2n) is 4.32. The molecule has 98 valence electrons. The summed E-state index contributed by atoms with van der Waals surface area (Å²) in [7, 11) is 0. The maximum Gasteiger partial charge on any atom is 0.330 e. The second kappa shape index (κ2) is 6.11. The molecule has 2 N–H and O–H groups in total. The molecule has 0 saturated carbocycles. The molecule has 4 heteroatoms. The van der Waals surface area contributed by atoms with E-state index < -0.39 is 5.97 Å². The van der Waals surface area contributed by atoms with Gasteiger partial charge in [0, 0.05) is 30.2 Å². The predicted octanol–water partition coefficient (Wildman–Crippen LogP) is 2.36. The monoisotopic (exact) mass is 256 g/mol. The van der Waals surface area contributed by atoms with Gasteiger partial charge in [-0.05, 0) is 18.6 Å². The van der Waals surface area contributed by atoms with E-state index in [1.807, 2.05) is 30.3 Å². The molecule has 0 bridgehead atoms. The molecular formula is C15H16N2O2. The van der Waals surface area contributed by atoms with Crippen molar-refractivity contribution < 1.29 is 9.90 Å². The van der Waals surface area contributed by atoms with Crippen LogP contribution < -0.4 is 5.32 Å². The van der Waals surface area contributed by atoms with Crippen LogP contribution in [0.25, 0.3) is 10.9 Å². The topological polar surface area (TPSA) is 62.2 Å². The molecule has 0 saturated heterocycles. The van der Waals surface area contributed by atoms with Crippen molar-refractivity contribution in [2.45, 2.75) is 13.5 Å². The van der Waals surface area contributed by atoms with Gasteiger partial charge in [-0.25, -0.2) is 4.79 Å². The Labute approximate surface area is 111 Å². The number of aromatic nitrogens is 1. The third-order valence-corrected chi connectivity index (χ3v) is 2.92. The van der Waals surface area contributed by atoms with Gasteiger partial charge in [-0.15, -0.1) is 0 Å². The van der Waals surface area contributed by atoms with Gasteiger partial charge < -0.3 is 10.4 Å². The van der Waals surface area contributed by atoms with Crippen LogP contribution in [0.2, 0.25) is 0 Å². The predicted molar refractivity (Wildman–Crippen MR) is 74.8 cm³/mol. The van der Waals surface area contributed by atoms with Gasteiger partial charge in [0.1, 0.15) is 0 Å². The molecule has 2 aromatic rings. The number of nitrogens with zero attached hydrogens (tertiary/aromatic N) is 1. The van der Waals surface area contributed by atoms with Crippen molar-refractivity contribution in [3.05, 3.63) is 53.7 Å². The number of hydrogen-bond donors (Lipinski definition) is 2. The van der Waals surface area contributed by atoms with Crippen LogP contribution >= 0.6 is 0 Å². The Balaban J connectivity index is 2.03. The van der Waals surface area contributed by atoms with Crippen molar-refractivity contribution in [2.75, 3.05) is 6.54 Å². The van der Waals surface area contributed by atoms with E-state index in [1.54, 1.807) is 19.2 Å². The highest BCUT2D eigenvalue weighted by molar-refractivity contribution is 5.85. The SMILES string of the molecule is C/C(=C/CNCc1cccc2cccnc12)C(=O)O. The molecule has 0 atom stereocenters. The van der Waals surface area contributed by atoms with E-state index in [1.165, 1.54) is 0 Å². The average molecular weight is 256 g/mol. The van der Waals surface area contributed by atoms with Gasteiger partial charge in [0.15, 0.2) is 0 Å². The number of aliphatic carboxylic acids is 1. The number of carboxylic acid groups (broad SMARTS) is 1. The second-order valence-corrected chi connectivity index (χ2v) is 4.32. The fraction of sp³-hybridized carbons (Fsp3) is 0.200. The number of carboxylic acids is 1. The van der Waals surface area contributed by atoms with Crippen LogP contribution in [0.4, 0.5) is 0 Å². The lowest BCUT2D eigenvalue weighted by Crippen LogP contribution is -2.14. The van der Waals surface area contributed by atoms with Crippen LogP contribution in [0, 0.1) is 0 Å². The summed E-state index contributed by atoms with van der Waals surface area (Å²) >= 11 is 0. The zero-order valence-corrected chi connectivity index (χ0v) is 10.8. The highest BCUT2D eigenvalue weighted by Crippen LogP contribution is 2.15. The number of rotatable bonds is 5. The van der Waals surface area contributed by atoms with Crippen molar-refractivity contribution in [1.82, 2.24) is 10.3 Å². The van der Waals surface area contributed by atoms with Gasteiger partial charge in [-0.1, -0.05) is 30.3 Å². The van der Waals surface area contributed by atoms with Gasteiger partial charge in [0.25, 0.3) is 0 Å². The summed E-state index contributed by atoms with van der Waals surface area (Å²) in [4.78, 5) is 15.0. The first-order valence-electron chi connectivity index (χ1n) is 6.12. The largest absolute Gasteiger partial charge is 0.478 e. The Kier molecular flexibility index (Phi) is 4.26. The molecule has 0 radical (unpaired) electrons. The number of fused-ring (bicyclic) bond motifs is 1. The molecule has 1 aromatic carbocycles. The molecule has 1 heterocycles. The van der Waals surface area contributed by atoms with Crippen LogP contribution in [0.15, 0.2) is 48.2 Å². The molecule has 0 aliphatic heterocycles. The highest BCUT2D eigenvalue weighted by atomic mass is 16.4. The van der Waals surface area contributed by atoms with E-state index in [4.69, 9.17) is 5.11 Å². The zero-order valence-electron chi connectivity index (χ0n) is 10.8. The van der Waals surface area contributed by atoms with Crippen LogP contribution in [0.3, 0.4) is 0 Å². The number of carbonyl (C=O) groups is 1. The van der Waals surface area contributed by atoms with Gasteiger partial charge in [-0.2, -0.15) is 0 Å². The molecule has 19 heavy (non-hydrogen) atoms. The van der Waals surface area contributed by atoms with Crippen molar-refractivity contribution in [2.24, 2.45) is 0 Å². The highest BCUT2D eigenvalue weighted by Gasteiger charge is 2.01. The minimum Gasteiger partial charge on any atom is -0.478 e. The van der Waals surface area contributed by atoms with E-state index in [0.29, 0.717) is 18.7 Å². The standard InChI is InChI=1S/C15H16N2O2/c1-11(15(18)19)7-9-16-10-13-5-2-4-12-6-3-8-17-14(12)13/h2-8,16H,9-10H2,1H3,(H,18,19)/b11-7-. The molecule has 2 rings (SSSR count). The maximum atomic E-state index is 10.6. The molecule has 0 amide bonds. The quantitative estimate of drug-likeness (QED) is 0.636. The molecule has 4 nitrogen and oxygen atoms in total. The molecule has 0 spiro atoms. The molecule has 0 fully saturated rings. The normalized spacial score (nSPS) is 11.7. The third-order valence-electron chi connectivity index (χ3n) is 2.92. The first-order valence-corrected chi connectivity index (χ1v) is 6.12. The number of benzene rings is 1. The minimum atomic E-state index is -0.881. The number of para-hydroxylation sites is 1. The lowest BCUT2D eigenvalue weighted by Gasteiger charge is -2.06. The molecule has 0 aliphatic carbocycles. The van der Waals surface area contributed by atoms with E-state index in [2.05, 4.69) is 10.3 Å². The van der Waals surface area contributed by atoms with E-state index in [9.17, 15) is 4.79 Å². The van der Waals surface area contributed by atoms with Gasteiger partial charge in [0.05, 0.1) is 5.52 Å². The summed E-state index contributed by atoms with van der Waals surface area (Å²) in [5, 5.41) is 13.0. The smallest absolute Gasteiger partial charge is 0.330 e. The maximum absolute atomic E-state index is 10.6. The lowest BCUT2D eigenvalue weighted by atomic mass is 10.1. The third kappa shape index (κ3) is 3.39. The van der Waals surface area contributed by atoms with E-state index >= 15 is 0 Å². The summed E-state index contributed by atoms with van der Waals surface area (Å²) in [5.41, 5.74) is 2.44. The fourth-order valence-electron chi connectivity index (χ4n) is 1.83. The van der Waals surface area contributed by atoms with Gasteiger partial charge in [0.2, 0.25) is 0 Å². The fourth-order valence-corrected chi connectivity index (χ4v) is 1.83. The first-order chi connectivity index (χ1) is 9.18. The Bertz CT molecular complexity index is 615. The number of pyridine rings is 1. The Morgan fingerprint density at radius 3 is 2.95 bits per heavy atom. The molecule has 1 aromatic heterocycles. The molecule has 0 aliphatic rings. The Hall–Kier alpha value is -2.20. The average Bonchev–Trinajstić information content (AvgIpc) is 2.43. The van der Waals surface area contributed by atoms with Crippen LogP contribution in [0.5, 0.6) is 0 Å². The summed E-state index contributed by atoms with van der Waals surface area (Å²) in [6.07, 6.45) is 3.45. The van der Waals surface area contributed by atoms with Gasteiger partial charge in [-0.3, -0.25) is 4.98 Å². The lowest BCUT2D eigenvalue weighted by molar-refractivity contribution is -0.132. The minimum absolute atomic E-state index is 0.351. The number of nitrogens with one attached hydrogen (secondary N) is 1. The summed E-state index contributed by atoms with van der Waals surface area (Å²) in [6.45, 7) is 2.78. The van der Waals surface area contributed by atoms with E-state index in [0.717, 1.165) is 16.5 Å². The van der Waals surface area contributed by atoms with Crippen molar-refractivity contribution in [3.8, 4) is 0 Å². The van der Waals surface area contributed by atoms with Crippen LogP contribution in [-0.4, -0.2) is 22.6 Å². The van der Waals surface area contributed by atoms with Crippen LogP contribution in [-0.2, 0) is 11.3 Å². The summed E-state index contributed by atoms with van der Waals surface area (Å²) in [5.74, 6) is -0.881. The Morgan fingerprint density at radius 2 is 2.16 bits per heavy atom. The zero-order chi connectivity index (χ0) is 13.7.